The van der Waals surface area contributed by atoms with Gasteiger partial charge in [0.15, 0.2) is 11.8 Å². The Morgan fingerprint density at radius 3 is 2.79 bits per heavy atom. The standard InChI is InChI=1S/C17H23ClN6/c1-5-10-19-17(20-11-16-22-21-13(2)24(16)4)23(3)12-14-8-6-7-9-15(14)18/h5-9H,1,10-12H2,2-4H3,(H,19,20). The number of nitrogens with one attached hydrogen (secondary N) is 1. The molecule has 0 amide bonds. The van der Waals surface area contributed by atoms with E-state index in [4.69, 9.17) is 11.6 Å². The van der Waals surface area contributed by atoms with Gasteiger partial charge >= 0.3 is 0 Å². The minimum atomic E-state index is 0.448. The number of aliphatic imine (C=N–C) groups is 1. The van der Waals surface area contributed by atoms with E-state index in [0.29, 0.717) is 19.6 Å². The van der Waals surface area contributed by atoms with Crippen LogP contribution in [0.1, 0.15) is 17.2 Å². The first-order chi connectivity index (χ1) is 11.5. The fourth-order valence-electron chi connectivity index (χ4n) is 2.17. The molecule has 0 saturated carbocycles. The van der Waals surface area contributed by atoms with Crippen LogP contribution in [0.2, 0.25) is 5.02 Å². The maximum absolute atomic E-state index is 6.25. The first-order valence-corrected chi connectivity index (χ1v) is 8.09. The summed E-state index contributed by atoms with van der Waals surface area (Å²) in [5, 5.41) is 12.2. The second-order valence-corrected chi connectivity index (χ2v) is 5.89. The minimum Gasteiger partial charge on any atom is -0.353 e. The van der Waals surface area contributed by atoms with E-state index < -0.39 is 0 Å². The van der Waals surface area contributed by atoms with Crippen LogP contribution in [0, 0.1) is 6.92 Å². The number of hydrogen-bond donors (Lipinski definition) is 1. The molecule has 1 aromatic heterocycles. The summed E-state index contributed by atoms with van der Waals surface area (Å²) >= 11 is 6.25. The van der Waals surface area contributed by atoms with E-state index in [1.165, 1.54) is 0 Å². The van der Waals surface area contributed by atoms with Gasteiger partial charge in [-0.2, -0.15) is 0 Å². The van der Waals surface area contributed by atoms with E-state index in [-0.39, 0.29) is 0 Å². The molecule has 0 saturated heterocycles. The smallest absolute Gasteiger partial charge is 0.194 e. The van der Waals surface area contributed by atoms with E-state index >= 15 is 0 Å². The Labute approximate surface area is 147 Å². The highest BCUT2D eigenvalue weighted by atomic mass is 35.5. The van der Waals surface area contributed by atoms with Crippen LogP contribution in [-0.4, -0.2) is 39.2 Å². The third kappa shape index (κ3) is 4.58. The number of aromatic nitrogens is 3. The van der Waals surface area contributed by atoms with Gasteiger partial charge in [0.25, 0.3) is 0 Å². The number of aryl methyl sites for hydroxylation is 1. The molecule has 0 radical (unpaired) electrons. The number of nitrogens with zero attached hydrogens (tertiary/aromatic N) is 5. The first kappa shape index (κ1) is 18.0. The molecule has 1 heterocycles. The van der Waals surface area contributed by atoms with Gasteiger partial charge in [0, 0.05) is 32.2 Å². The lowest BCUT2D eigenvalue weighted by molar-refractivity contribution is 0.477. The Morgan fingerprint density at radius 1 is 1.42 bits per heavy atom. The van der Waals surface area contributed by atoms with Crippen LogP contribution in [0.3, 0.4) is 0 Å². The fraction of sp³-hybridized carbons (Fsp3) is 0.353. The molecule has 1 N–H and O–H groups in total. The van der Waals surface area contributed by atoms with Crippen molar-refractivity contribution in [3.05, 3.63) is 59.2 Å². The third-order valence-electron chi connectivity index (χ3n) is 3.68. The second-order valence-electron chi connectivity index (χ2n) is 5.48. The van der Waals surface area contributed by atoms with Crippen molar-refractivity contribution < 1.29 is 0 Å². The Morgan fingerprint density at radius 2 is 2.17 bits per heavy atom. The van der Waals surface area contributed by atoms with Crippen LogP contribution in [0.15, 0.2) is 41.9 Å². The van der Waals surface area contributed by atoms with Gasteiger partial charge in [0.05, 0.1) is 0 Å². The van der Waals surface area contributed by atoms with Gasteiger partial charge in [-0.05, 0) is 18.6 Å². The molecule has 0 bridgehead atoms. The molecule has 0 aliphatic heterocycles. The zero-order valence-electron chi connectivity index (χ0n) is 14.3. The number of rotatable bonds is 6. The summed E-state index contributed by atoms with van der Waals surface area (Å²) in [7, 11) is 3.91. The topological polar surface area (TPSA) is 58.3 Å². The van der Waals surface area contributed by atoms with E-state index in [1.54, 1.807) is 6.08 Å². The summed E-state index contributed by atoms with van der Waals surface area (Å²) in [5.41, 5.74) is 1.05. The monoisotopic (exact) mass is 346 g/mol. The molecule has 0 aliphatic carbocycles. The van der Waals surface area contributed by atoms with Crippen LogP contribution in [0.25, 0.3) is 0 Å². The van der Waals surface area contributed by atoms with E-state index in [1.807, 2.05) is 54.8 Å². The van der Waals surface area contributed by atoms with Crippen LogP contribution in [-0.2, 0) is 20.1 Å². The lowest BCUT2D eigenvalue weighted by Crippen LogP contribution is -2.38. The summed E-state index contributed by atoms with van der Waals surface area (Å²) < 4.78 is 1.93. The Bertz CT molecular complexity index is 722. The SMILES string of the molecule is C=CCNC(=NCc1nnc(C)n1C)N(C)Cc1ccccc1Cl. The highest BCUT2D eigenvalue weighted by Gasteiger charge is 2.10. The van der Waals surface area contributed by atoms with Crippen molar-refractivity contribution in [3.63, 3.8) is 0 Å². The predicted molar refractivity (Wildman–Crippen MR) is 98.0 cm³/mol. The number of hydrogen-bond acceptors (Lipinski definition) is 3. The molecule has 128 valence electrons. The fourth-order valence-corrected chi connectivity index (χ4v) is 2.36. The molecule has 0 fully saturated rings. The van der Waals surface area contributed by atoms with Gasteiger partial charge in [-0.15, -0.1) is 16.8 Å². The second kappa shape index (κ2) is 8.49. The lowest BCUT2D eigenvalue weighted by Gasteiger charge is -2.22. The zero-order valence-corrected chi connectivity index (χ0v) is 15.1. The maximum Gasteiger partial charge on any atom is 0.194 e. The normalized spacial score (nSPS) is 11.4. The van der Waals surface area contributed by atoms with Crippen molar-refractivity contribution in [1.82, 2.24) is 25.0 Å². The van der Waals surface area contributed by atoms with Gasteiger partial charge in [-0.3, -0.25) is 0 Å². The quantitative estimate of drug-likeness (QED) is 0.496. The molecule has 2 rings (SSSR count). The summed E-state index contributed by atoms with van der Waals surface area (Å²) in [6.45, 7) is 7.39. The number of benzene rings is 1. The Kier molecular flexibility index (Phi) is 6.37. The Balaban J connectivity index is 2.14. The number of guanidine groups is 1. The summed E-state index contributed by atoms with van der Waals surface area (Å²) in [6.07, 6.45) is 1.80. The van der Waals surface area contributed by atoms with Crippen molar-refractivity contribution in [1.29, 1.82) is 0 Å². The van der Waals surface area contributed by atoms with E-state index in [0.717, 1.165) is 28.2 Å². The molecule has 1 aromatic carbocycles. The molecule has 0 aliphatic rings. The van der Waals surface area contributed by atoms with Gasteiger partial charge in [0.2, 0.25) is 0 Å². The molecule has 24 heavy (non-hydrogen) atoms. The molecule has 0 unspecified atom stereocenters. The molecule has 2 aromatic rings. The highest BCUT2D eigenvalue weighted by Crippen LogP contribution is 2.16. The average Bonchev–Trinajstić information content (AvgIpc) is 2.89. The Hall–Kier alpha value is -2.34. The summed E-state index contributed by atoms with van der Waals surface area (Å²) in [5.74, 6) is 2.44. The molecular formula is C17H23ClN6. The van der Waals surface area contributed by atoms with Crippen molar-refractivity contribution >= 4 is 17.6 Å². The van der Waals surface area contributed by atoms with Crippen molar-refractivity contribution in [2.75, 3.05) is 13.6 Å². The van der Waals surface area contributed by atoms with Gasteiger partial charge < -0.3 is 14.8 Å². The molecule has 0 atom stereocenters. The van der Waals surface area contributed by atoms with Crippen LogP contribution in [0.5, 0.6) is 0 Å². The zero-order chi connectivity index (χ0) is 17.5. The molecule has 6 nitrogen and oxygen atoms in total. The number of halogens is 1. The van der Waals surface area contributed by atoms with Crippen LogP contribution < -0.4 is 5.32 Å². The van der Waals surface area contributed by atoms with Crippen molar-refractivity contribution in [2.24, 2.45) is 12.0 Å². The highest BCUT2D eigenvalue weighted by molar-refractivity contribution is 6.31. The summed E-state index contributed by atoms with van der Waals surface area (Å²) in [4.78, 5) is 6.67. The predicted octanol–water partition coefficient (Wildman–Crippen LogP) is 2.54. The van der Waals surface area contributed by atoms with Gasteiger partial charge in [0.1, 0.15) is 12.4 Å². The van der Waals surface area contributed by atoms with E-state index in [2.05, 4.69) is 27.1 Å². The van der Waals surface area contributed by atoms with Gasteiger partial charge in [-0.25, -0.2) is 4.99 Å². The van der Waals surface area contributed by atoms with E-state index in [9.17, 15) is 0 Å². The largest absolute Gasteiger partial charge is 0.353 e. The van der Waals surface area contributed by atoms with Crippen molar-refractivity contribution in [2.45, 2.75) is 20.0 Å². The third-order valence-corrected chi connectivity index (χ3v) is 4.05. The van der Waals surface area contributed by atoms with Crippen LogP contribution in [0.4, 0.5) is 0 Å². The lowest BCUT2D eigenvalue weighted by atomic mass is 10.2. The van der Waals surface area contributed by atoms with Crippen molar-refractivity contribution in [3.8, 4) is 0 Å². The van der Waals surface area contributed by atoms with Gasteiger partial charge in [-0.1, -0.05) is 35.9 Å². The molecule has 7 heteroatoms. The minimum absolute atomic E-state index is 0.448. The summed E-state index contributed by atoms with van der Waals surface area (Å²) in [6, 6.07) is 7.80. The molecule has 0 spiro atoms. The van der Waals surface area contributed by atoms with Crippen LogP contribution >= 0.6 is 11.6 Å². The molecular weight excluding hydrogens is 324 g/mol. The first-order valence-electron chi connectivity index (χ1n) is 7.71. The average molecular weight is 347 g/mol. The maximum atomic E-state index is 6.25.